The summed E-state index contributed by atoms with van der Waals surface area (Å²) in [5.41, 5.74) is 2.24. The van der Waals surface area contributed by atoms with E-state index in [-0.39, 0.29) is 18.4 Å². The molecule has 0 aliphatic carbocycles. The highest BCUT2D eigenvalue weighted by molar-refractivity contribution is 6.18. The summed E-state index contributed by atoms with van der Waals surface area (Å²) in [6.45, 7) is 1.83. The Kier molecular flexibility index (Phi) is 8.94. The summed E-state index contributed by atoms with van der Waals surface area (Å²) in [6, 6.07) is 20.7. The zero-order valence-electron chi connectivity index (χ0n) is 23.0. The fourth-order valence-electron chi connectivity index (χ4n) is 5.55. The second-order valence-electron chi connectivity index (χ2n) is 10.5. The van der Waals surface area contributed by atoms with Gasteiger partial charge in [0.1, 0.15) is 35.7 Å². The molecule has 4 atom stereocenters. The van der Waals surface area contributed by atoms with Crippen LogP contribution in [0.15, 0.2) is 66.7 Å². The van der Waals surface area contributed by atoms with Crippen LogP contribution in [0.2, 0.25) is 0 Å². The van der Waals surface area contributed by atoms with E-state index in [1.807, 2.05) is 54.6 Å². The summed E-state index contributed by atoms with van der Waals surface area (Å²) in [5, 5.41) is 0. The van der Waals surface area contributed by atoms with Gasteiger partial charge in [0, 0.05) is 18.9 Å². The average molecular weight is 579 g/mol. The molecule has 0 spiro atoms. The van der Waals surface area contributed by atoms with E-state index in [2.05, 4.69) is 0 Å². The molecular weight excluding hydrogens is 544 g/mol. The maximum Gasteiger partial charge on any atom is 0.199 e. The van der Waals surface area contributed by atoms with Gasteiger partial charge in [-0.1, -0.05) is 24.3 Å². The minimum absolute atomic E-state index is 0.0107. The highest BCUT2D eigenvalue weighted by Gasteiger charge is 2.39. The molecule has 3 aliphatic rings. The number of ketones is 1. The molecule has 216 valence electrons. The van der Waals surface area contributed by atoms with E-state index in [4.69, 9.17) is 40.0 Å². The molecule has 3 aromatic carbocycles. The first-order valence-corrected chi connectivity index (χ1v) is 15.0. The fraction of sp³-hybridized carbons (Fsp3) is 0.424. The van der Waals surface area contributed by atoms with Gasteiger partial charge in [-0.05, 0) is 73.2 Å². The number of alkyl halides is 1. The van der Waals surface area contributed by atoms with Crippen molar-refractivity contribution in [1.29, 1.82) is 0 Å². The van der Waals surface area contributed by atoms with Crippen molar-refractivity contribution in [2.24, 2.45) is 0 Å². The molecule has 3 aliphatic heterocycles. The molecule has 3 aromatic rings. The quantitative estimate of drug-likeness (QED) is 0.248. The lowest BCUT2D eigenvalue weighted by atomic mass is 9.81. The molecule has 41 heavy (non-hydrogen) atoms. The molecule has 0 bridgehead atoms. The third-order valence-corrected chi connectivity index (χ3v) is 7.82. The van der Waals surface area contributed by atoms with Crippen molar-refractivity contribution < 1.29 is 33.2 Å². The smallest absolute Gasteiger partial charge is 0.199 e. The Labute approximate surface area is 245 Å². The number of carbonyl (C=O) groups excluding carboxylic acids is 1. The number of hydrogen-bond donors (Lipinski definition) is 0. The number of benzene rings is 3. The highest BCUT2D eigenvalue weighted by atomic mass is 35.5. The number of halogens is 1. The number of carbonyl (C=O) groups is 1. The van der Waals surface area contributed by atoms with Gasteiger partial charge in [0.15, 0.2) is 18.4 Å². The molecule has 0 N–H and O–H groups in total. The van der Waals surface area contributed by atoms with Crippen LogP contribution in [0.3, 0.4) is 0 Å². The predicted octanol–water partition coefficient (Wildman–Crippen LogP) is 7.22. The number of Topliss-reactive ketones (excluding diaryl/α,β-unsaturated/α-hetero) is 1. The van der Waals surface area contributed by atoms with Crippen LogP contribution in [-0.4, -0.2) is 44.1 Å². The van der Waals surface area contributed by atoms with E-state index in [1.165, 1.54) is 0 Å². The standard InChI is InChI=1S/C33H35ClO7/c34-17-20-36-24-11-9-23(10-12-24)33-31(22-7-13-25(14-8-22)39-29-5-1-3-18-37-29)32(35)27-16-15-26(21-28(27)41-33)40-30-6-2-4-19-38-30/h7-16,21,29-31,33H,1-6,17-20H2. The summed E-state index contributed by atoms with van der Waals surface area (Å²) in [4.78, 5) is 14.1. The largest absolute Gasteiger partial charge is 0.492 e. The van der Waals surface area contributed by atoms with E-state index < -0.39 is 12.0 Å². The lowest BCUT2D eigenvalue weighted by molar-refractivity contribution is -0.106. The normalized spacial score (nSPS) is 24.2. The first-order valence-electron chi connectivity index (χ1n) is 14.5. The van der Waals surface area contributed by atoms with Crippen molar-refractivity contribution in [3.63, 3.8) is 0 Å². The third-order valence-electron chi connectivity index (χ3n) is 7.66. The summed E-state index contributed by atoms with van der Waals surface area (Å²) in [5.74, 6) is 2.40. The van der Waals surface area contributed by atoms with Crippen molar-refractivity contribution in [1.82, 2.24) is 0 Å². The molecule has 2 saturated heterocycles. The first kappa shape index (κ1) is 27.9. The van der Waals surface area contributed by atoms with Crippen molar-refractivity contribution in [2.45, 2.75) is 63.1 Å². The lowest BCUT2D eigenvalue weighted by Crippen LogP contribution is -2.30. The Hall–Kier alpha value is -3.26. The summed E-state index contributed by atoms with van der Waals surface area (Å²) in [6.07, 6.45) is 4.91. The summed E-state index contributed by atoms with van der Waals surface area (Å²) < 4.78 is 35.8. The predicted molar refractivity (Wildman–Crippen MR) is 154 cm³/mol. The van der Waals surface area contributed by atoms with E-state index in [0.29, 0.717) is 54.3 Å². The first-order chi connectivity index (χ1) is 20.2. The summed E-state index contributed by atoms with van der Waals surface area (Å²) in [7, 11) is 0. The Bertz CT molecular complexity index is 1300. The molecule has 0 amide bonds. The van der Waals surface area contributed by atoms with E-state index in [0.717, 1.165) is 49.7 Å². The van der Waals surface area contributed by atoms with Crippen molar-refractivity contribution in [2.75, 3.05) is 25.7 Å². The molecule has 6 rings (SSSR count). The van der Waals surface area contributed by atoms with E-state index in [9.17, 15) is 4.79 Å². The zero-order valence-corrected chi connectivity index (χ0v) is 23.7. The minimum atomic E-state index is -0.550. The van der Waals surface area contributed by atoms with Gasteiger partial charge in [0.05, 0.1) is 30.6 Å². The van der Waals surface area contributed by atoms with Crippen molar-refractivity contribution in [3.05, 3.63) is 83.4 Å². The van der Waals surface area contributed by atoms with Gasteiger partial charge < -0.3 is 28.4 Å². The van der Waals surface area contributed by atoms with Gasteiger partial charge in [0.2, 0.25) is 0 Å². The average Bonchev–Trinajstić information content (AvgIpc) is 3.02. The Morgan fingerprint density at radius 2 is 1.34 bits per heavy atom. The number of fused-ring (bicyclic) bond motifs is 1. The van der Waals surface area contributed by atoms with E-state index in [1.54, 1.807) is 12.1 Å². The number of hydrogen-bond acceptors (Lipinski definition) is 7. The molecule has 4 unspecified atom stereocenters. The molecule has 8 heteroatoms. The molecule has 0 aromatic heterocycles. The maximum absolute atomic E-state index is 14.1. The molecule has 3 heterocycles. The second kappa shape index (κ2) is 13.1. The van der Waals surface area contributed by atoms with Crippen LogP contribution in [0, 0.1) is 0 Å². The van der Waals surface area contributed by atoms with Crippen LogP contribution in [0.1, 0.15) is 72.0 Å². The molecule has 0 radical (unpaired) electrons. The van der Waals surface area contributed by atoms with Crippen LogP contribution in [0.25, 0.3) is 0 Å². The van der Waals surface area contributed by atoms with Crippen LogP contribution in [0.4, 0.5) is 0 Å². The van der Waals surface area contributed by atoms with Gasteiger partial charge >= 0.3 is 0 Å². The van der Waals surface area contributed by atoms with Gasteiger partial charge in [-0.15, -0.1) is 11.6 Å². The fourth-order valence-corrected chi connectivity index (χ4v) is 5.63. The Morgan fingerprint density at radius 1 is 0.732 bits per heavy atom. The van der Waals surface area contributed by atoms with Gasteiger partial charge in [-0.25, -0.2) is 0 Å². The molecule has 7 nitrogen and oxygen atoms in total. The van der Waals surface area contributed by atoms with Crippen molar-refractivity contribution in [3.8, 4) is 23.0 Å². The molecule has 0 saturated carbocycles. The topological polar surface area (TPSA) is 72.5 Å². The van der Waals surface area contributed by atoms with Gasteiger partial charge in [-0.3, -0.25) is 4.79 Å². The molecule has 2 fully saturated rings. The minimum Gasteiger partial charge on any atom is -0.492 e. The van der Waals surface area contributed by atoms with Crippen molar-refractivity contribution >= 4 is 17.4 Å². The van der Waals surface area contributed by atoms with E-state index >= 15 is 0 Å². The lowest BCUT2D eigenvalue weighted by Gasteiger charge is -2.34. The van der Waals surface area contributed by atoms with Crippen LogP contribution >= 0.6 is 11.6 Å². The zero-order chi connectivity index (χ0) is 28.0. The third kappa shape index (κ3) is 6.64. The maximum atomic E-state index is 14.1. The summed E-state index contributed by atoms with van der Waals surface area (Å²) >= 11 is 5.78. The SMILES string of the molecule is O=C1c2ccc(OC3CCCCO3)cc2OC(c2ccc(OCCCl)cc2)C1c1ccc(OC2CCCCO2)cc1. The highest BCUT2D eigenvalue weighted by Crippen LogP contribution is 2.45. The number of ether oxygens (including phenoxy) is 6. The molecular formula is C33H35ClO7. The Balaban J connectivity index is 1.28. The van der Waals surface area contributed by atoms with Gasteiger partial charge in [-0.2, -0.15) is 0 Å². The van der Waals surface area contributed by atoms with Crippen LogP contribution < -0.4 is 18.9 Å². The second-order valence-corrected chi connectivity index (χ2v) is 10.9. The Morgan fingerprint density at radius 3 is 1.98 bits per heavy atom. The monoisotopic (exact) mass is 578 g/mol. The van der Waals surface area contributed by atoms with Gasteiger partial charge in [0.25, 0.3) is 0 Å². The number of rotatable bonds is 9. The van der Waals surface area contributed by atoms with Crippen LogP contribution in [0.5, 0.6) is 23.0 Å². The van der Waals surface area contributed by atoms with Crippen LogP contribution in [-0.2, 0) is 9.47 Å².